The van der Waals surface area contributed by atoms with Crippen molar-refractivity contribution in [3.8, 4) is 21.1 Å². The van der Waals surface area contributed by atoms with Gasteiger partial charge in [0.05, 0.1) is 35.6 Å². The number of thiazole rings is 1. The largest absolute Gasteiger partial charge is 0.455 e. The van der Waals surface area contributed by atoms with Crippen molar-refractivity contribution in [2.45, 2.75) is 13.2 Å². The fourth-order valence-corrected chi connectivity index (χ4v) is 4.42. The third kappa shape index (κ3) is 3.89. The predicted molar refractivity (Wildman–Crippen MR) is 109 cm³/mol. The molecule has 4 aromatic rings. The van der Waals surface area contributed by atoms with Crippen molar-refractivity contribution in [2.24, 2.45) is 0 Å². The van der Waals surface area contributed by atoms with Crippen molar-refractivity contribution in [1.82, 2.24) is 14.8 Å². The first-order chi connectivity index (χ1) is 13.8. The second-order valence-corrected chi connectivity index (χ2v) is 7.72. The van der Waals surface area contributed by atoms with Crippen molar-refractivity contribution in [1.29, 1.82) is 0 Å². The summed E-state index contributed by atoms with van der Waals surface area (Å²) in [4.78, 5) is 18.3. The Kier molecular flexibility index (Phi) is 5.61. The first kappa shape index (κ1) is 18.5. The molecule has 0 aliphatic heterocycles. The highest BCUT2D eigenvalue weighted by Gasteiger charge is 2.20. The molecular formula is C20H17N3O3S2. The Hall–Kier alpha value is -2.81. The number of nitrogens with zero attached hydrogens (tertiary/aromatic N) is 3. The van der Waals surface area contributed by atoms with Crippen molar-refractivity contribution in [3.63, 3.8) is 0 Å². The molecule has 3 aromatic heterocycles. The Morgan fingerprint density at radius 1 is 1.14 bits per heavy atom. The molecule has 0 fully saturated rings. The lowest BCUT2D eigenvalue weighted by Gasteiger charge is -2.09. The number of thiophene rings is 1. The SMILES string of the molecule is O=C(OCc1csc(-c2cccs2)n1)c1cnn(CCO)c1-c1ccccc1. The topological polar surface area (TPSA) is 77.2 Å². The van der Waals surface area contributed by atoms with E-state index in [0.717, 1.165) is 15.4 Å². The molecule has 0 aliphatic carbocycles. The van der Waals surface area contributed by atoms with Gasteiger partial charge in [0.15, 0.2) is 0 Å². The molecule has 142 valence electrons. The van der Waals surface area contributed by atoms with Crippen molar-refractivity contribution < 1.29 is 14.6 Å². The number of aromatic nitrogens is 3. The lowest BCUT2D eigenvalue weighted by atomic mass is 10.1. The van der Waals surface area contributed by atoms with Crippen molar-refractivity contribution in [2.75, 3.05) is 6.61 Å². The number of aliphatic hydroxyl groups is 1. The lowest BCUT2D eigenvalue weighted by molar-refractivity contribution is 0.0469. The van der Waals surface area contributed by atoms with E-state index in [2.05, 4.69) is 10.1 Å². The number of carbonyl (C=O) groups is 1. The summed E-state index contributed by atoms with van der Waals surface area (Å²) >= 11 is 3.16. The molecule has 1 aromatic carbocycles. The summed E-state index contributed by atoms with van der Waals surface area (Å²) in [6, 6.07) is 13.5. The third-order valence-electron chi connectivity index (χ3n) is 4.05. The van der Waals surface area contributed by atoms with Crippen LogP contribution in [0.2, 0.25) is 0 Å². The Morgan fingerprint density at radius 3 is 2.75 bits per heavy atom. The van der Waals surface area contributed by atoms with Gasteiger partial charge in [0, 0.05) is 10.9 Å². The summed E-state index contributed by atoms with van der Waals surface area (Å²) in [5.41, 5.74) is 2.56. The van der Waals surface area contributed by atoms with Gasteiger partial charge >= 0.3 is 5.97 Å². The van der Waals surface area contributed by atoms with Crippen LogP contribution in [0, 0.1) is 0 Å². The molecule has 0 saturated carbocycles. The number of benzene rings is 1. The van der Waals surface area contributed by atoms with Gasteiger partial charge in [0.25, 0.3) is 0 Å². The van der Waals surface area contributed by atoms with Crippen LogP contribution in [-0.4, -0.2) is 32.4 Å². The van der Waals surface area contributed by atoms with Gasteiger partial charge < -0.3 is 9.84 Å². The zero-order valence-electron chi connectivity index (χ0n) is 14.8. The van der Waals surface area contributed by atoms with E-state index in [9.17, 15) is 9.90 Å². The minimum atomic E-state index is -0.464. The average Bonchev–Trinajstić information content (AvgIpc) is 3.47. The summed E-state index contributed by atoms with van der Waals surface area (Å²) in [6.07, 6.45) is 1.48. The number of rotatable bonds is 7. The molecule has 0 unspecified atom stereocenters. The van der Waals surface area contributed by atoms with Gasteiger partial charge in [-0.15, -0.1) is 22.7 Å². The monoisotopic (exact) mass is 411 g/mol. The van der Waals surface area contributed by atoms with Gasteiger partial charge in [0.2, 0.25) is 0 Å². The van der Waals surface area contributed by atoms with E-state index in [1.165, 1.54) is 17.5 Å². The van der Waals surface area contributed by atoms with Crippen LogP contribution >= 0.6 is 22.7 Å². The Bertz CT molecular complexity index is 1060. The average molecular weight is 412 g/mol. The summed E-state index contributed by atoms with van der Waals surface area (Å²) in [5, 5.41) is 18.4. The zero-order chi connectivity index (χ0) is 19.3. The van der Waals surface area contributed by atoms with E-state index in [-0.39, 0.29) is 13.2 Å². The molecule has 0 radical (unpaired) electrons. The van der Waals surface area contributed by atoms with Crippen LogP contribution in [0.1, 0.15) is 16.1 Å². The van der Waals surface area contributed by atoms with Crippen LogP contribution < -0.4 is 0 Å². The van der Waals surface area contributed by atoms with Gasteiger partial charge in [0.1, 0.15) is 17.2 Å². The van der Waals surface area contributed by atoms with Crippen molar-refractivity contribution in [3.05, 3.63) is 70.7 Å². The van der Waals surface area contributed by atoms with Gasteiger partial charge in [-0.1, -0.05) is 36.4 Å². The molecule has 0 bridgehead atoms. The maximum Gasteiger partial charge on any atom is 0.342 e. The Morgan fingerprint density at radius 2 is 2.00 bits per heavy atom. The van der Waals surface area contributed by atoms with Gasteiger partial charge in [-0.05, 0) is 11.4 Å². The molecular weight excluding hydrogens is 394 g/mol. The molecule has 8 heteroatoms. The van der Waals surface area contributed by atoms with E-state index in [1.54, 1.807) is 16.0 Å². The summed E-state index contributed by atoms with van der Waals surface area (Å²) in [7, 11) is 0. The van der Waals surface area contributed by atoms with E-state index in [1.807, 2.05) is 53.2 Å². The van der Waals surface area contributed by atoms with Crippen LogP contribution in [0.5, 0.6) is 0 Å². The number of hydrogen-bond acceptors (Lipinski definition) is 7. The molecule has 4 rings (SSSR count). The van der Waals surface area contributed by atoms with Crippen LogP contribution in [0.15, 0.2) is 59.4 Å². The molecule has 0 amide bonds. The number of carbonyl (C=O) groups excluding carboxylic acids is 1. The first-order valence-electron chi connectivity index (χ1n) is 8.63. The van der Waals surface area contributed by atoms with Crippen LogP contribution in [0.25, 0.3) is 21.1 Å². The standard InChI is InChI=1S/C20H17N3O3S2/c24-9-8-23-18(14-5-2-1-3-6-14)16(11-21-23)20(25)26-12-15-13-28-19(22-15)17-7-4-10-27-17/h1-7,10-11,13,24H,8-9,12H2. The van der Waals surface area contributed by atoms with Gasteiger partial charge in [-0.3, -0.25) is 4.68 Å². The zero-order valence-corrected chi connectivity index (χ0v) is 16.4. The molecule has 0 spiro atoms. The second kappa shape index (κ2) is 8.47. The first-order valence-corrected chi connectivity index (χ1v) is 10.4. The number of hydrogen-bond donors (Lipinski definition) is 1. The van der Waals surface area contributed by atoms with Crippen LogP contribution in [0.4, 0.5) is 0 Å². The molecule has 0 atom stereocenters. The molecule has 3 heterocycles. The van der Waals surface area contributed by atoms with E-state index in [4.69, 9.17) is 4.74 Å². The van der Waals surface area contributed by atoms with E-state index < -0.39 is 5.97 Å². The lowest BCUT2D eigenvalue weighted by Crippen LogP contribution is -2.09. The van der Waals surface area contributed by atoms with Gasteiger partial charge in [-0.2, -0.15) is 5.10 Å². The fourth-order valence-electron chi connectivity index (χ4n) is 2.80. The van der Waals surface area contributed by atoms with Gasteiger partial charge in [-0.25, -0.2) is 9.78 Å². The highest BCUT2D eigenvalue weighted by Crippen LogP contribution is 2.28. The molecule has 0 saturated heterocycles. The maximum atomic E-state index is 12.7. The minimum Gasteiger partial charge on any atom is -0.455 e. The quantitative estimate of drug-likeness (QED) is 0.464. The normalized spacial score (nSPS) is 10.9. The Balaban J connectivity index is 1.52. The highest BCUT2D eigenvalue weighted by molar-refractivity contribution is 7.20. The summed E-state index contributed by atoms with van der Waals surface area (Å²) in [5.74, 6) is -0.464. The molecule has 1 N–H and O–H groups in total. The summed E-state index contributed by atoms with van der Waals surface area (Å²) in [6.45, 7) is 0.328. The van der Waals surface area contributed by atoms with Crippen LogP contribution in [-0.2, 0) is 17.9 Å². The second-order valence-electron chi connectivity index (χ2n) is 5.92. The predicted octanol–water partition coefficient (Wildman–Crippen LogP) is 4.08. The van der Waals surface area contributed by atoms with Crippen molar-refractivity contribution >= 4 is 28.6 Å². The smallest absolute Gasteiger partial charge is 0.342 e. The number of esters is 1. The highest BCUT2D eigenvalue weighted by atomic mass is 32.1. The maximum absolute atomic E-state index is 12.7. The minimum absolute atomic E-state index is 0.0691. The Labute approximate surface area is 169 Å². The van der Waals surface area contributed by atoms with E-state index >= 15 is 0 Å². The number of aliphatic hydroxyl groups excluding tert-OH is 1. The molecule has 28 heavy (non-hydrogen) atoms. The molecule has 0 aliphatic rings. The number of ether oxygens (including phenoxy) is 1. The molecule has 6 nitrogen and oxygen atoms in total. The van der Waals surface area contributed by atoms with E-state index in [0.29, 0.717) is 23.5 Å². The van der Waals surface area contributed by atoms with Crippen LogP contribution in [0.3, 0.4) is 0 Å². The summed E-state index contributed by atoms with van der Waals surface area (Å²) < 4.78 is 7.11. The fraction of sp³-hybridized carbons (Fsp3) is 0.150. The third-order valence-corrected chi connectivity index (χ3v) is 5.98.